The number of H-pyrrole nitrogens is 2. The number of rotatable bonds is 20. The number of benzene rings is 4. The Morgan fingerprint density at radius 1 is 0.476 bits per heavy atom. The van der Waals surface area contributed by atoms with E-state index in [2.05, 4.69) is 45.0 Å². The van der Waals surface area contributed by atoms with E-state index in [1.54, 1.807) is 104 Å². The van der Waals surface area contributed by atoms with Gasteiger partial charge in [-0.05, 0) is 62.4 Å². The number of ether oxygens (including phenoxy) is 12. The number of aromatic nitrogens is 8. The summed E-state index contributed by atoms with van der Waals surface area (Å²) in [6, 6.07) is 27.0. The van der Waals surface area contributed by atoms with E-state index < -0.39 is 11.9 Å². The van der Waals surface area contributed by atoms with Crippen molar-refractivity contribution in [1.29, 1.82) is 0 Å². The lowest BCUT2D eigenvalue weighted by Gasteiger charge is -2.12. The molecule has 0 aliphatic rings. The minimum absolute atomic E-state index is 0.0368. The third kappa shape index (κ3) is 16.1. The second-order valence-corrected chi connectivity index (χ2v) is 17.3. The Kier molecular flexibility index (Phi) is 22.1. The summed E-state index contributed by atoms with van der Waals surface area (Å²) in [6.07, 6.45) is 0. The van der Waals surface area contributed by atoms with Gasteiger partial charge in [-0.25, -0.2) is 19.6 Å². The van der Waals surface area contributed by atoms with Crippen molar-refractivity contribution in [1.82, 2.24) is 40.2 Å². The fraction of sp³-hybridized carbons (Fsp3) is 0.276. The molecule has 0 unspecified atom stereocenters. The van der Waals surface area contributed by atoms with Crippen molar-refractivity contribution in [3.8, 4) is 57.7 Å². The van der Waals surface area contributed by atoms with Crippen LogP contribution in [-0.2, 0) is 28.4 Å². The molecule has 0 saturated heterocycles. The highest BCUT2D eigenvalue weighted by atomic mass is 16.7. The van der Waals surface area contributed by atoms with Crippen LogP contribution in [0.5, 0.6) is 34.5 Å². The van der Waals surface area contributed by atoms with Crippen molar-refractivity contribution in [2.45, 2.75) is 13.8 Å². The van der Waals surface area contributed by atoms with Gasteiger partial charge in [0, 0.05) is 84.3 Å². The second kappa shape index (κ2) is 30.2. The van der Waals surface area contributed by atoms with Gasteiger partial charge in [-0.1, -0.05) is 10.3 Å². The molecule has 0 fully saturated rings. The number of carbonyl (C=O) groups is 2. The molecule has 6 aromatic heterocycles. The van der Waals surface area contributed by atoms with Crippen LogP contribution in [0.2, 0.25) is 0 Å². The van der Waals surface area contributed by atoms with Crippen LogP contribution in [-0.4, -0.2) is 149 Å². The Hall–Kier alpha value is -10.0. The molecule has 0 bridgehead atoms. The highest BCUT2D eigenvalue weighted by molar-refractivity contribution is 5.95. The number of nitrogens with one attached hydrogen (secondary N) is 2. The van der Waals surface area contributed by atoms with Crippen molar-refractivity contribution in [2.75, 3.05) is 96.9 Å². The predicted octanol–water partition coefficient (Wildman–Crippen LogP) is 7.85. The van der Waals surface area contributed by atoms with Gasteiger partial charge in [0.25, 0.3) is 11.8 Å². The van der Waals surface area contributed by atoms with Gasteiger partial charge in [0.2, 0.25) is 0 Å². The van der Waals surface area contributed by atoms with Crippen LogP contribution in [0.4, 0.5) is 0 Å². The molecule has 0 aliphatic carbocycles. The van der Waals surface area contributed by atoms with Crippen LogP contribution in [0.25, 0.3) is 66.8 Å². The topological polar surface area (TPSA) is 314 Å². The molecule has 0 amide bonds. The first kappa shape index (κ1) is 61.6. The summed E-state index contributed by atoms with van der Waals surface area (Å²) in [5.41, 5.74) is 3.41. The Morgan fingerprint density at radius 2 is 0.940 bits per heavy atom. The van der Waals surface area contributed by atoms with E-state index in [1.807, 2.05) is 24.3 Å². The van der Waals surface area contributed by atoms with Crippen molar-refractivity contribution in [3.05, 3.63) is 141 Å². The molecule has 0 aliphatic heterocycles. The number of hydrogen-bond donors (Lipinski definition) is 2. The van der Waals surface area contributed by atoms with Crippen LogP contribution >= 0.6 is 0 Å². The average molecular weight is 1160 g/mol. The van der Waals surface area contributed by atoms with E-state index >= 15 is 0 Å². The summed E-state index contributed by atoms with van der Waals surface area (Å²) in [5.74, 6) is 4.24. The molecule has 2 N–H and O–H groups in total. The number of aryl methyl sites for hydroxylation is 2. The lowest BCUT2D eigenvalue weighted by molar-refractivity contribution is -0.00794. The summed E-state index contributed by atoms with van der Waals surface area (Å²) in [4.78, 5) is 70.0. The van der Waals surface area contributed by atoms with Gasteiger partial charge in [0.1, 0.15) is 51.6 Å². The maximum atomic E-state index is 12.0. The van der Waals surface area contributed by atoms with Crippen molar-refractivity contribution >= 4 is 55.6 Å². The number of nitrogens with zero attached hydrogens (tertiary/aromatic N) is 6. The molecule has 6 heterocycles. The maximum absolute atomic E-state index is 12.0. The molecule has 26 heteroatoms. The van der Waals surface area contributed by atoms with Gasteiger partial charge >= 0.3 is 11.9 Å². The molecule has 10 rings (SSSR count). The first-order valence-corrected chi connectivity index (χ1v) is 25.3. The van der Waals surface area contributed by atoms with Crippen molar-refractivity contribution < 1.29 is 75.5 Å². The quantitative estimate of drug-likeness (QED) is 0.0417. The molecule has 0 spiro atoms. The zero-order chi connectivity index (χ0) is 60.1. The minimum Gasteiger partial charge on any atom is -0.497 e. The SMILES string of the molecule is COC(=O)c1cc(=O)c2ccc(OC)cc2[nH]1.COCCOCOc1cc(-c2nc(C)no2)nc2cc(OC)ccc12.COCCOCOc1cc(C(=O)OC)nc2cc(OC)ccc12.COc1ccc2c(=O)cc(-c3nc(C)no3)[nH]c2c1. The maximum Gasteiger partial charge on any atom is 0.356 e. The van der Waals surface area contributed by atoms with E-state index in [0.717, 1.165) is 10.8 Å². The molecular weight excluding hydrogens is 1100 g/mol. The number of esters is 2. The van der Waals surface area contributed by atoms with Crippen LogP contribution in [0.15, 0.2) is 116 Å². The van der Waals surface area contributed by atoms with Crippen LogP contribution in [0, 0.1) is 13.8 Å². The van der Waals surface area contributed by atoms with Crippen LogP contribution < -0.4 is 39.3 Å². The molecule has 84 heavy (non-hydrogen) atoms. The van der Waals surface area contributed by atoms with E-state index in [1.165, 1.54) is 39.5 Å². The fourth-order valence-electron chi connectivity index (χ4n) is 7.64. The minimum atomic E-state index is -0.577. The highest BCUT2D eigenvalue weighted by Gasteiger charge is 2.17. The van der Waals surface area contributed by atoms with Crippen LogP contribution in [0.1, 0.15) is 32.6 Å². The Morgan fingerprint density at radius 3 is 1.43 bits per heavy atom. The Balaban J connectivity index is 0.000000162. The van der Waals surface area contributed by atoms with Gasteiger partial charge in [-0.15, -0.1) is 0 Å². The number of aromatic amines is 2. The largest absolute Gasteiger partial charge is 0.497 e. The molecule has 440 valence electrons. The standard InChI is InChI=1S/C17H19N3O5.C16H19NO6.C13H11N3O3.C12H11NO4/c1-11-18-17(25-20-11)15-9-16(24-10-23-7-6-21-2)13-5-4-12(22-3)8-14(13)19-15;1-19-6-7-22-10-23-15-9-14(16(18)21-3)17-13-8-11(20-2)4-5-12(13)15;1-7-14-13(19-16-7)11-6-12(17)9-4-3-8(18-2)5-10(9)15-11;1-16-7-3-4-8-9(5-7)13-10(6-11(8)14)12(15)17-2/h4-5,8-9H,6-7,10H2,1-3H3;4-5,8-9H,6-7,10H2,1-3H3;3-6H,1-2H3,(H,15,17);3-6H,1-2H3,(H,13,14). The number of hydrogen-bond acceptors (Lipinski definition) is 24. The van der Waals surface area contributed by atoms with E-state index in [9.17, 15) is 19.2 Å². The van der Waals surface area contributed by atoms with Gasteiger partial charge in [0.05, 0.1) is 91.2 Å². The second-order valence-electron chi connectivity index (χ2n) is 17.3. The van der Waals surface area contributed by atoms with E-state index in [0.29, 0.717) is 129 Å². The Bertz CT molecular complexity index is 3970. The molecule has 4 aromatic carbocycles. The average Bonchev–Trinajstić information content (AvgIpc) is 2.53. The molecule has 0 radical (unpaired) electrons. The van der Waals surface area contributed by atoms with Gasteiger partial charge in [-0.3, -0.25) is 9.59 Å². The first-order valence-electron chi connectivity index (χ1n) is 25.3. The smallest absolute Gasteiger partial charge is 0.356 e. The third-order valence-electron chi connectivity index (χ3n) is 11.8. The number of pyridine rings is 4. The zero-order valence-electron chi connectivity index (χ0n) is 47.5. The lowest BCUT2D eigenvalue weighted by Crippen LogP contribution is -2.11. The molecule has 26 nitrogen and oxygen atoms in total. The fourth-order valence-corrected chi connectivity index (χ4v) is 7.64. The Labute approximate surface area is 478 Å². The van der Waals surface area contributed by atoms with E-state index in [4.69, 9.17) is 61.2 Å². The number of fused-ring (bicyclic) bond motifs is 4. The first-order chi connectivity index (χ1) is 40.7. The monoisotopic (exact) mass is 1160 g/mol. The normalized spacial score (nSPS) is 10.7. The highest BCUT2D eigenvalue weighted by Crippen LogP contribution is 2.33. The van der Waals surface area contributed by atoms with Gasteiger partial charge in [0.15, 0.2) is 41.8 Å². The number of carbonyl (C=O) groups excluding carboxylic acids is 2. The molecular formula is C58H60N8O18. The van der Waals surface area contributed by atoms with Gasteiger partial charge < -0.3 is 75.9 Å². The van der Waals surface area contributed by atoms with Crippen molar-refractivity contribution in [2.24, 2.45) is 0 Å². The number of methoxy groups -OCH3 is 8. The zero-order valence-corrected chi connectivity index (χ0v) is 47.5. The lowest BCUT2D eigenvalue weighted by atomic mass is 10.1. The summed E-state index contributed by atoms with van der Waals surface area (Å²) >= 11 is 0. The predicted molar refractivity (Wildman–Crippen MR) is 304 cm³/mol. The van der Waals surface area contributed by atoms with Crippen molar-refractivity contribution in [3.63, 3.8) is 0 Å². The summed E-state index contributed by atoms with van der Waals surface area (Å²) in [7, 11) is 12.0. The van der Waals surface area contributed by atoms with E-state index in [-0.39, 0.29) is 35.8 Å². The third-order valence-corrected chi connectivity index (χ3v) is 11.8. The van der Waals surface area contributed by atoms with Gasteiger partial charge in [-0.2, -0.15) is 9.97 Å². The molecule has 10 aromatic rings. The summed E-state index contributed by atoms with van der Waals surface area (Å²) in [5, 5.41) is 10.2. The van der Waals surface area contributed by atoms with Crippen LogP contribution in [0.3, 0.4) is 0 Å². The molecule has 0 atom stereocenters. The summed E-state index contributed by atoms with van der Waals surface area (Å²) in [6.45, 7) is 5.44. The summed E-state index contributed by atoms with van der Waals surface area (Å²) < 4.78 is 72.0. The molecule has 0 saturated carbocycles.